The first-order chi connectivity index (χ1) is 19.1. The van der Waals surface area contributed by atoms with Crippen molar-refractivity contribution >= 4 is 11.9 Å². The van der Waals surface area contributed by atoms with Crippen molar-refractivity contribution in [3.63, 3.8) is 0 Å². The number of para-hydroxylation sites is 1. The number of hydrogen-bond donors (Lipinski definition) is 0. The van der Waals surface area contributed by atoms with Crippen LogP contribution in [0.1, 0.15) is 49.9 Å². The minimum atomic E-state index is -0.577. The Hall–Kier alpha value is -4.20. The van der Waals surface area contributed by atoms with Crippen molar-refractivity contribution in [3.05, 3.63) is 89.9 Å². The van der Waals surface area contributed by atoms with E-state index in [2.05, 4.69) is 17.2 Å². The zero-order valence-corrected chi connectivity index (χ0v) is 23.9. The van der Waals surface area contributed by atoms with Crippen LogP contribution in [0.3, 0.4) is 0 Å². The lowest BCUT2D eigenvalue weighted by Crippen LogP contribution is -2.35. The standard InChI is InChI=1S/C32H37N5O3/c1-22-29(37(26-14-10-7-11-15-26)34-30(22)25-18-33-35(5)19-25)17-27(38)16-24-20-36(31(39)40-32(2,3)4)21-28(24)23-12-8-6-9-13-23/h6-15,18-19,24,28H,16-17,20-21H2,1-5H3/t24-,28+/m1/s1. The molecule has 1 amide bonds. The number of aryl methyl sites for hydroxylation is 1. The number of hydrogen-bond acceptors (Lipinski definition) is 5. The van der Waals surface area contributed by atoms with E-state index in [4.69, 9.17) is 9.84 Å². The van der Waals surface area contributed by atoms with Crippen LogP contribution in [-0.2, 0) is 23.0 Å². The Morgan fingerprint density at radius 2 is 1.68 bits per heavy atom. The van der Waals surface area contributed by atoms with Crippen LogP contribution < -0.4 is 0 Å². The molecular formula is C32H37N5O3. The van der Waals surface area contributed by atoms with Gasteiger partial charge in [-0.05, 0) is 56.9 Å². The number of carbonyl (C=O) groups excluding carboxylic acids is 2. The highest BCUT2D eigenvalue weighted by molar-refractivity contribution is 5.82. The van der Waals surface area contributed by atoms with Crippen LogP contribution in [0, 0.1) is 12.8 Å². The van der Waals surface area contributed by atoms with E-state index < -0.39 is 5.60 Å². The van der Waals surface area contributed by atoms with E-state index in [9.17, 15) is 9.59 Å². The minimum absolute atomic E-state index is 0.00591. The van der Waals surface area contributed by atoms with Gasteiger partial charge in [-0.2, -0.15) is 10.2 Å². The first kappa shape index (κ1) is 27.4. The fourth-order valence-corrected chi connectivity index (χ4v) is 5.52. The number of nitrogens with zero attached hydrogens (tertiary/aromatic N) is 5. The van der Waals surface area contributed by atoms with Gasteiger partial charge in [0.05, 0.1) is 23.3 Å². The summed E-state index contributed by atoms with van der Waals surface area (Å²) in [7, 11) is 1.88. The minimum Gasteiger partial charge on any atom is -0.444 e. The van der Waals surface area contributed by atoms with Gasteiger partial charge in [0.1, 0.15) is 11.4 Å². The average molecular weight is 540 g/mol. The van der Waals surface area contributed by atoms with Crippen LogP contribution in [0.5, 0.6) is 0 Å². The second-order valence-electron chi connectivity index (χ2n) is 11.7. The van der Waals surface area contributed by atoms with Gasteiger partial charge in [-0.1, -0.05) is 48.5 Å². The third-order valence-corrected chi connectivity index (χ3v) is 7.40. The van der Waals surface area contributed by atoms with Gasteiger partial charge in [-0.25, -0.2) is 9.48 Å². The molecule has 2 aromatic carbocycles. The molecule has 0 aliphatic carbocycles. The quantitative estimate of drug-likeness (QED) is 0.299. The van der Waals surface area contributed by atoms with Gasteiger partial charge in [0.15, 0.2) is 0 Å². The smallest absolute Gasteiger partial charge is 0.410 e. The molecule has 2 atom stereocenters. The van der Waals surface area contributed by atoms with E-state index >= 15 is 0 Å². The van der Waals surface area contributed by atoms with Crippen LogP contribution in [-0.4, -0.2) is 55.0 Å². The molecule has 1 aliphatic rings. The number of carbonyl (C=O) groups is 2. The molecule has 2 aromatic heterocycles. The van der Waals surface area contributed by atoms with Gasteiger partial charge in [-0.15, -0.1) is 0 Å². The molecule has 4 aromatic rings. The topological polar surface area (TPSA) is 82.3 Å². The van der Waals surface area contributed by atoms with E-state index in [1.54, 1.807) is 15.8 Å². The number of aromatic nitrogens is 4. The first-order valence-electron chi connectivity index (χ1n) is 13.8. The van der Waals surface area contributed by atoms with E-state index in [0.717, 1.165) is 33.8 Å². The zero-order chi connectivity index (χ0) is 28.4. The van der Waals surface area contributed by atoms with Crippen LogP contribution >= 0.6 is 0 Å². The summed E-state index contributed by atoms with van der Waals surface area (Å²) in [6.07, 6.45) is 4.01. The number of amides is 1. The maximum atomic E-state index is 13.7. The number of ether oxygens (including phenoxy) is 1. The number of rotatable bonds is 7. The number of Topliss-reactive ketones (excluding diaryl/α,β-unsaturated/α-hetero) is 1. The molecule has 208 valence electrons. The van der Waals surface area contributed by atoms with Gasteiger partial charge in [-0.3, -0.25) is 9.48 Å². The summed E-state index contributed by atoms with van der Waals surface area (Å²) in [5.41, 5.74) is 5.03. The first-order valence-corrected chi connectivity index (χ1v) is 13.8. The molecule has 0 spiro atoms. The highest BCUT2D eigenvalue weighted by Crippen LogP contribution is 2.36. The molecule has 40 heavy (non-hydrogen) atoms. The largest absolute Gasteiger partial charge is 0.444 e. The van der Waals surface area contributed by atoms with Gasteiger partial charge in [0.25, 0.3) is 0 Å². The monoisotopic (exact) mass is 539 g/mol. The SMILES string of the molecule is Cc1c(-c2cnn(C)c2)nn(-c2ccccc2)c1CC(=O)C[C@@H]1CN(C(=O)OC(C)(C)C)C[C@H]1c1ccccc1. The molecule has 0 radical (unpaired) electrons. The fraction of sp³-hybridized carbons (Fsp3) is 0.375. The molecule has 5 rings (SSSR count). The average Bonchev–Trinajstić information content (AvgIpc) is 3.62. The van der Waals surface area contributed by atoms with Gasteiger partial charge in [0, 0.05) is 50.7 Å². The van der Waals surface area contributed by atoms with Crippen molar-refractivity contribution in [2.45, 2.75) is 52.1 Å². The van der Waals surface area contributed by atoms with E-state index in [-0.39, 0.29) is 30.1 Å². The molecule has 0 N–H and O–H groups in total. The lowest BCUT2D eigenvalue weighted by Gasteiger charge is -2.24. The summed E-state index contributed by atoms with van der Waals surface area (Å²) in [4.78, 5) is 28.4. The molecule has 1 saturated heterocycles. The van der Waals surface area contributed by atoms with Crippen LogP contribution in [0.25, 0.3) is 16.9 Å². The van der Waals surface area contributed by atoms with Crippen molar-refractivity contribution < 1.29 is 14.3 Å². The van der Waals surface area contributed by atoms with Crippen molar-refractivity contribution in [1.82, 2.24) is 24.5 Å². The molecule has 8 heteroatoms. The van der Waals surface area contributed by atoms with Crippen LogP contribution in [0.2, 0.25) is 0 Å². The Kier molecular flexibility index (Phi) is 7.61. The second-order valence-corrected chi connectivity index (χ2v) is 11.7. The highest BCUT2D eigenvalue weighted by Gasteiger charge is 2.39. The van der Waals surface area contributed by atoms with Crippen molar-refractivity contribution in [2.24, 2.45) is 13.0 Å². The summed E-state index contributed by atoms with van der Waals surface area (Å²) in [5.74, 6) is 0.173. The highest BCUT2D eigenvalue weighted by atomic mass is 16.6. The Labute approximate surface area is 235 Å². The van der Waals surface area contributed by atoms with Crippen LogP contribution in [0.15, 0.2) is 73.1 Å². The number of likely N-dealkylation sites (tertiary alicyclic amines) is 1. The predicted molar refractivity (Wildman–Crippen MR) is 154 cm³/mol. The van der Waals surface area contributed by atoms with Crippen molar-refractivity contribution in [2.75, 3.05) is 13.1 Å². The molecule has 1 aliphatic heterocycles. The Bertz CT molecular complexity index is 1480. The summed E-state index contributed by atoms with van der Waals surface area (Å²) in [6, 6.07) is 20.0. The Morgan fingerprint density at radius 3 is 2.30 bits per heavy atom. The normalized spacial score (nSPS) is 17.3. The third kappa shape index (κ3) is 6.01. The molecule has 0 bridgehead atoms. The molecule has 0 saturated carbocycles. The molecule has 3 heterocycles. The number of ketones is 1. The third-order valence-electron chi connectivity index (χ3n) is 7.40. The zero-order valence-electron chi connectivity index (χ0n) is 23.9. The Balaban J connectivity index is 1.41. The molecular weight excluding hydrogens is 502 g/mol. The van der Waals surface area contributed by atoms with Gasteiger partial charge < -0.3 is 9.64 Å². The summed E-state index contributed by atoms with van der Waals surface area (Å²) >= 11 is 0. The lowest BCUT2D eigenvalue weighted by atomic mass is 9.85. The van der Waals surface area contributed by atoms with E-state index in [1.807, 2.05) is 94.2 Å². The lowest BCUT2D eigenvalue weighted by molar-refractivity contribution is -0.119. The molecule has 8 nitrogen and oxygen atoms in total. The molecule has 1 fully saturated rings. The van der Waals surface area contributed by atoms with Crippen LogP contribution in [0.4, 0.5) is 4.79 Å². The summed E-state index contributed by atoms with van der Waals surface area (Å²) < 4.78 is 9.30. The summed E-state index contributed by atoms with van der Waals surface area (Å²) in [6.45, 7) is 8.64. The van der Waals surface area contributed by atoms with E-state index in [0.29, 0.717) is 19.5 Å². The Morgan fingerprint density at radius 1 is 1.00 bits per heavy atom. The van der Waals surface area contributed by atoms with Gasteiger partial charge >= 0.3 is 6.09 Å². The summed E-state index contributed by atoms with van der Waals surface area (Å²) in [5, 5.41) is 9.24. The van der Waals surface area contributed by atoms with Crippen molar-refractivity contribution in [3.8, 4) is 16.9 Å². The maximum absolute atomic E-state index is 13.7. The second kappa shape index (κ2) is 11.1. The van der Waals surface area contributed by atoms with Crippen molar-refractivity contribution in [1.29, 1.82) is 0 Å². The predicted octanol–water partition coefficient (Wildman–Crippen LogP) is 5.73. The van der Waals surface area contributed by atoms with E-state index in [1.165, 1.54) is 0 Å². The molecule has 0 unspecified atom stereocenters. The number of benzene rings is 2. The van der Waals surface area contributed by atoms with Gasteiger partial charge in [0.2, 0.25) is 0 Å². The maximum Gasteiger partial charge on any atom is 0.410 e. The fourth-order valence-electron chi connectivity index (χ4n) is 5.52.